The number of carbonyl (C=O) groups is 1. The van der Waals surface area contributed by atoms with E-state index >= 15 is 0 Å². The Labute approximate surface area is 135 Å². The Kier molecular flexibility index (Phi) is 4.48. The van der Waals surface area contributed by atoms with E-state index in [1.807, 2.05) is 35.2 Å². The van der Waals surface area contributed by atoms with E-state index in [0.29, 0.717) is 19.0 Å². The summed E-state index contributed by atoms with van der Waals surface area (Å²) in [6, 6.07) is 12.0. The van der Waals surface area contributed by atoms with Gasteiger partial charge in [0.2, 0.25) is 5.91 Å². The van der Waals surface area contributed by atoms with Gasteiger partial charge in [-0.1, -0.05) is 31.2 Å². The lowest BCUT2D eigenvalue weighted by atomic mass is 10.1. The van der Waals surface area contributed by atoms with E-state index in [9.17, 15) is 4.79 Å². The van der Waals surface area contributed by atoms with Crippen LogP contribution in [0.3, 0.4) is 0 Å². The summed E-state index contributed by atoms with van der Waals surface area (Å²) in [5, 5.41) is 2.06. The zero-order chi connectivity index (χ0) is 15.5. The van der Waals surface area contributed by atoms with Crippen LogP contribution in [0.25, 0.3) is 0 Å². The number of methoxy groups -OCH3 is 1. The molecule has 2 unspecified atom stereocenters. The molecule has 1 aromatic heterocycles. The van der Waals surface area contributed by atoms with Crippen molar-refractivity contribution < 1.29 is 9.53 Å². The molecule has 0 aliphatic heterocycles. The lowest BCUT2D eigenvalue weighted by Crippen LogP contribution is -2.31. The van der Waals surface area contributed by atoms with Crippen LogP contribution >= 0.6 is 11.3 Å². The zero-order valence-corrected chi connectivity index (χ0v) is 13.8. The lowest BCUT2D eigenvalue weighted by Gasteiger charge is -2.23. The third-order valence-electron chi connectivity index (χ3n) is 4.22. The quantitative estimate of drug-likeness (QED) is 0.808. The normalized spacial score (nSPS) is 19.7. The van der Waals surface area contributed by atoms with Gasteiger partial charge in [-0.25, -0.2) is 0 Å². The second kappa shape index (κ2) is 6.53. The van der Waals surface area contributed by atoms with Crippen LogP contribution in [0.15, 0.2) is 41.8 Å². The summed E-state index contributed by atoms with van der Waals surface area (Å²) in [7, 11) is 1.67. The molecular weight excluding hydrogens is 294 g/mol. The number of carbonyl (C=O) groups excluding carboxylic acids is 1. The van der Waals surface area contributed by atoms with Gasteiger partial charge in [0, 0.05) is 22.9 Å². The highest BCUT2D eigenvalue weighted by Crippen LogP contribution is 2.40. The molecule has 1 aliphatic rings. The Morgan fingerprint density at radius 2 is 2.05 bits per heavy atom. The minimum atomic E-state index is 0.203. The summed E-state index contributed by atoms with van der Waals surface area (Å²) in [6.45, 7) is 3.43. The van der Waals surface area contributed by atoms with E-state index in [1.165, 1.54) is 4.88 Å². The maximum Gasteiger partial charge on any atom is 0.226 e. The van der Waals surface area contributed by atoms with Gasteiger partial charge < -0.3 is 9.64 Å². The fraction of sp³-hybridized carbons (Fsp3) is 0.389. The third-order valence-corrected chi connectivity index (χ3v) is 5.08. The Morgan fingerprint density at radius 1 is 1.27 bits per heavy atom. The number of amides is 1. The second-order valence-corrected chi connectivity index (χ2v) is 6.94. The monoisotopic (exact) mass is 315 g/mol. The van der Waals surface area contributed by atoms with Crippen LogP contribution in [0.5, 0.6) is 5.75 Å². The summed E-state index contributed by atoms with van der Waals surface area (Å²) in [6.07, 6.45) is 1.02. The highest BCUT2D eigenvalue weighted by atomic mass is 32.1. The zero-order valence-electron chi connectivity index (χ0n) is 13.0. The number of hydrogen-bond donors (Lipinski definition) is 0. The largest absolute Gasteiger partial charge is 0.496 e. The lowest BCUT2D eigenvalue weighted by molar-refractivity contribution is -0.134. The van der Waals surface area contributed by atoms with Gasteiger partial charge in [0.1, 0.15) is 5.75 Å². The molecular formula is C18H21NO2S. The number of benzene rings is 1. The van der Waals surface area contributed by atoms with Crippen molar-refractivity contribution in [2.75, 3.05) is 7.11 Å². The molecule has 1 saturated carbocycles. The predicted molar refractivity (Wildman–Crippen MR) is 88.8 cm³/mol. The number of nitrogens with zero attached hydrogens (tertiary/aromatic N) is 1. The van der Waals surface area contributed by atoms with E-state index in [2.05, 4.69) is 18.4 Å². The number of ether oxygens (including phenoxy) is 1. The molecule has 1 amide bonds. The van der Waals surface area contributed by atoms with Crippen molar-refractivity contribution in [2.24, 2.45) is 11.8 Å². The van der Waals surface area contributed by atoms with Crippen molar-refractivity contribution in [1.29, 1.82) is 0 Å². The Hall–Kier alpha value is -1.81. The van der Waals surface area contributed by atoms with E-state index < -0.39 is 0 Å². The van der Waals surface area contributed by atoms with Crippen molar-refractivity contribution >= 4 is 17.2 Å². The first kappa shape index (κ1) is 15.1. The van der Waals surface area contributed by atoms with Gasteiger partial charge >= 0.3 is 0 Å². The van der Waals surface area contributed by atoms with Gasteiger partial charge in [-0.05, 0) is 29.9 Å². The van der Waals surface area contributed by atoms with E-state index in [0.717, 1.165) is 17.7 Å². The molecule has 3 rings (SSSR count). The first-order valence-electron chi connectivity index (χ1n) is 7.62. The molecule has 2 atom stereocenters. The summed E-state index contributed by atoms with van der Waals surface area (Å²) in [5.41, 5.74) is 1.06. The highest BCUT2D eigenvalue weighted by molar-refractivity contribution is 7.09. The SMILES string of the molecule is COc1ccccc1CN(Cc1cccs1)C(=O)C1CC1C. The maximum absolute atomic E-state index is 12.7. The van der Waals surface area contributed by atoms with Gasteiger partial charge in [0.05, 0.1) is 13.7 Å². The van der Waals surface area contributed by atoms with Gasteiger partial charge in [0.25, 0.3) is 0 Å². The van der Waals surface area contributed by atoms with Gasteiger partial charge in [-0.15, -0.1) is 11.3 Å². The molecule has 1 heterocycles. The molecule has 0 bridgehead atoms. The number of para-hydroxylation sites is 1. The average Bonchev–Trinajstić information content (AvgIpc) is 3.04. The maximum atomic E-state index is 12.7. The van der Waals surface area contributed by atoms with E-state index in [-0.39, 0.29) is 11.8 Å². The van der Waals surface area contributed by atoms with Crippen LogP contribution in [-0.2, 0) is 17.9 Å². The fourth-order valence-electron chi connectivity index (χ4n) is 2.74. The molecule has 0 N–H and O–H groups in total. The summed E-state index contributed by atoms with van der Waals surface area (Å²) >= 11 is 1.70. The molecule has 1 fully saturated rings. The average molecular weight is 315 g/mol. The second-order valence-electron chi connectivity index (χ2n) is 5.90. The van der Waals surface area contributed by atoms with Crippen LogP contribution < -0.4 is 4.74 Å². The molecule has 0 spiro atoms. The van der Waals surface area contributed by atoms with Crippen molar-refractivity contribution in [2.45, 2.75) is 26.4 Å². The molecule has 0 radical (unpaired) electrons. The molecule has 4 heteroatoms. The topological polar surface area (TPSA) is 29.5 Å². The van der Waals surface area contributed by atoms with Gasteiger partial charge in [0.15, 0.2) is 0 Å². The van der Waals surface area contributed by atoms with Gasteiger partial charge in [-0.2, -0.15) is 0 Å². The predicted octanol–water partition coefficient (Wildman–Crippen LogP) is 3.94. The molecule has 1 aromatic carbocycles. The molecule has 116 valence electrons. The Bertz CT molecular complexity index is 638. The Balaban J connectivity index is 1.79. The van der Waals surface area contributed by atoms with Crippen LogP contribution in [0, 0.1) is 11.8 Å². The fourth-order valence-corrected chi connectivity index (χ4v) is 3.46. The number of rotatable bonds is 6. The molecule has 22 heavy (non-hydrogen) atoms. The Morgan fingerprint density at radius 3 is 2.68 bits per heavy atom. The van der Waals surface area contributed by atoms with Crippen molar-refractivity contribution in [3.63, 3.8) is 0 Å². The van der Waals surface area contributed by atoms with E-state index in [4.69, 9.17) is 4.74 Å². The number of hydrogen-bond acceptors (Lipinski definition) is 3. The molecule has 2 aromatic rings. The molecule has 0 saturated heterocycles. The van der Waals surface area contributed by atoms with E-state index in [1.54, 1.807) is 18.4 Å². The standard InChI is InChI=1S/C18H21NO2S/c1-13-10-16(13)18(20)19(12-15-7-5-9-22-15)11-14-6-3-4-8-17(14)21-2/h3-9,13,16H,10-12H2,1-2H3. The minimum Gasteiger partial charge on any atom is -0.496 e. The van der Waals surface area contributed by atoms with Crippen molar-refractivity contribution in [1.82, 2.24) is 4.90 Å². The smallest absolute Gasteiger partial charge is 0.226 e. The summed E-state index contributed by atoms with van der Waals surface area (Å²) in [5.74, 6) is 1.84. The minimum absolute atomic E-state index is 0.203. The van der Waals surface area contributed by atoms with Crippen LogP contribution in [0.1, 0.15) is 23.8 Å². The first-order chi connectivity index (χ1) is 10.7. The summed E-state index contributed by atoms with van der Waals surface area (Å²) in [4.78, 5) is 15.9. The third kappa shape index (κ3) is 3.33. The first-order valence-corrected chi connectivity index (χ1v) is 8.50. The van der Waals surface area contributed by atoms with Gasteiger partial charge in [-0.3, -0.25) is 4.79 Å². The van der Waals surface area contributed by atoms with Crippen LogP contribution in [-0.4, -0.2) is 17.9 Å². The molecule has 3 nitrogen and oxygen atoms in total. The van der Waals surface area contributed by atoms with Crippen molar-refractivity contribution in [3.8, 4) is 5.75 Å². The van der Waals surface area contributed by atoms with Crippen molar-refractivity contribution in [3.05, 3.63) is 52.2 Å². The van der Waals surface area contributed by atoms with Crippen LogP contribution in [0.2, 0.25) is 0 Å². The number of thiophene rings is 1. The summed E-state index contributed by atoms with van der Waals surface area (Å²) < 4.78 is 5.42. The molecule has 1 aliphatic carbocycles. The highest BCUT2D eigenvalue weighted by Gasteiger charge is 2.41. The van der Waals surface area contributed by atoms with Crippen LogP contribution in [0.4, 0.5) is 0 Å².